The van der Waals surface area contributed by atoms with Gasteiger partial charge in [-0.3, -0.25) is 4.79 Å². The molecule has 1 aromatic carbocycles. The number of benzene rings is 1. The summed E-state index contributed by atoms with van der Waals surface area (Å²) in [5, 5.41) is 0. The fraction of sp³-hybridized carbons (Fsp3) is 0.611. The van der Waals surface area contributed by atoms with Crippen LogP contribution in [-0.2, 0) is 14.8 Å². The molecule has 1 N–H and O–H groups in total. The van der Waals surface area contributed by atoms with E-state index >= 15 is 0 Å². The van der Waals surface area contributed by atoms with E-state index in [1.54, 1.807) is 12.0 Å². The molecule has 8 heteroatoms. The molecule has 1 saturated heterocycles. The number of hydrogen-bond donors (Lipinski definition) is 1. The molecule has 1 aliphatic heterocycles. The Labute approximate surface area is 155 Å². The van der Waals surface area contributed by atoms with Crippen LogP contribution in [0.15, 0.2) is 23.1 Å². The van der Waals surface area contributed by atoms with E-state index in [9.17, 15) is 13.2 Å². The fourth-order valence-electron chi connectivity index (χ4n) is 2.91. The minimum absolute atomic E-state index is 0.0597. The third-order valence-electron chi connectivity index (χ3n) is 4.60. The second-order valence-electron chi connectivity index (χ2n) is 6.58. The Hall–Kier alpha value is -1.64. The highest BCUT2D eigenvalue weighted by Gasteiger charge is 2.25. The molecule has 0 saturated carbocycles. The summed E-state index contributed by atoms with van der Waals surface area (Å²) in [6.45, 7) is 4.27. The number of carbonyl (C=O) groups excluding carboxylic acids is 1. The van der Waals surface area contributed by atoms with E-state index in [-0.39, 0.29) is 22.9 Å². The average molecular weight is 384 g/mol. The Balaban J connectivity index is 2.20. The number of nitrogens with zero attached hydrogens (tertiary/aromatic N) is 1. The molecule has 1 fully saturated rings. The van der Waals surface area contributed by atoms with Crippen LogP contribution in [0, 0.1) is 5.92 Å². The second kappa shape index (κ2) is 9.34. The van der Waals surface area contributed by atoms with Crippen molar-refractivity contribution in [3.63, 3.8) is 0 Å². The van der Waals surface area contributed by atoms with Crippen molar-refractivity contribution in [2.75, 3.05) is 40.5 Å². The molecule has 0 bridgehead atoms. The minimum Gasteiger partial charge on any atom is -0.496 e. The summed E-state index contributed by atoms with van der Waals surface area (Å²) in [5.41, 5.74) is 0.279. The highest BCUT2D eigenvalue weighted by molar-refractivity contribution is 7.89. The van der Waals surface area contributed by atoms with Crippen LogP contribution in [0.5, 0.6) is 5.75 Å². The van der Waals surface area contributed by atoms with Crippen LogP contribution in [0.3, 0.4) is 0 Å². The summed E-state index contributed by atoms with van der Waals surface area (Å²) >= 11 is 0. The zero-order chi connectivity index (χ0) is 19.2. The number of hydrogen-bond acceptors (Lipinski definition) is 5. The molecule has 26 heavy (non-hydrogen) atoms. The van der Waals surface area contributed by atoms with Crippen molar-refractivity contribution in [2.45, 2.75) is 31.1 Å². The number of methoxy groups -OCH3 is 2. The van der Waals surface area contributed by atoms with Crippen LogP contribution in [0.2, 0.25) is 0 Å². The van der Waals surface area contributed by atoms with Gasteiger partial charge in [-0.1, -0.05) is 6.92 Å². The van der Waals surface area contributed by atoms with Crippen molar-refractivity contribution in [1.29, 1.82) is 0 Å². The standard InChI is InChI=1S/C18H28N2O5S/c1-14-7-10-20(11-8-14)18(21)16-13-15(5-6-17(16)25-3)26(22,23)19-9-4-12-24-2/h5-6,13-14,19H,4,7-12H2,1-3H3. The van der Waals surface area contributed by atoms with Gasteiger partial charge in [-0.25, -0.2) is 13.1 Å². The van der Waals surface area contributed by atoms with E-state index < -0.39 is 10.0 Å². The lowest BCUT2D eigenvalue weighted by atomic mass is 9.98. The topological polar surface area (TPSA) is 84.9 Å². The second-order valence-corrected chi connectivity index (χ2v) is 8.35. The van der Waals surface area contributed by atoms with Crippen molar-refractivity contribution in [3.8, 4) is 5.75 Å². The number of likely N-dealkylation sites (tertiary alicyclic amines) is 1. The molecule has 1 heterocycles. The van der Waals surface area contributed by atoms with Gasteiger partial charge in [0.05, 0.1) is 17.6 Å². The summed E-state index contributed by atoms with van der Waals surface area (Å²) in [4.78, 5) is 14.7. The number of nitrogens with one attached hydrogen (secondary N) is 1. The van der Waals surface area contributed by atoms with Gasteiger partial charge in [-0.2, -0.15) is 0 Å². The lowest BCUT2D eigenvalue weighted by molar-refractivity contribution is 0.0693. The molecule has 1 aliphatic rings. The van der Waals surface area contributed by atoms with E-state index in [0.717, 1.165) is 12.8 Å². The van der Waals surface area contributed by atoms with E-state index in [1.165, 1.54) is 25.3 Å². The monoisotopic (exact) mass is 384 g/mol. The fourth-order valence-corrected chi connectivity index (χ4v) is 4.01. The maximum Gasteiger partial charge on any atom is 0.257 e. The van der Waals surface area contributed by atoms with Crippen molar-refractivity contribution >= 4 is 15.9 Å². The molecule has 2 rings (SSSR count). The van der Waals surface area contributed by atoms with E-state index in [2.05, 4.69) is 11.6 Å². The van der Waals surface area contributed by atoms with Gasteiger partial charge in [0.1, 0.15) is 5.75 Å². The van der Waals surface area contributed by atoms with Crippen LogP contribution >= 0.6 is 0 Å². The SMILES string of the molecule is COCCCNS(=O)(=O)c1ccc(OC)c(C(=O)N2CCC(C)CC2)c1. The summed E-state index contributed by atoms with van der Waals surface area (Å²) in [7, 11) is -0.653. The number of ether oxygens (including phenoxy) is 2. The summed E-state index contributed by atoms with van der Waals surface area (Å²) in [5.74, 6) is 0.793. The van der Waals surface area contributed by atoms with Gasteiger partial charge in [-0.05, 0) is 43.4 Å². The number of carbonyl (C=O) groups is 1. The third kappa shape index (κ3) is 5.18. The smallest absolute Gasteiger partial charge is 0.257 e. The largest absolute Gasteiger partial charge is 0.496 e. The molecular weight excluding hydrogens is 356 g/mol. The van der Waals surface area contributed by atoms with Gasteiger partial charge in [0, 0.05) is 33.4 Å². The molecule has 0 aromatic heterocycles. The van der Waals surface area contributed by atoms with Gasteiger partial charge >= 0.3 is 0 Å². The third-order valence-corrected chi connectivity index (χ3v) is 6.06. The maximum atomic E-state index is 12.9. The van der Waals surface area contributed by atoms with Crippen LogP contribution < -0.4 is 9.46 Å². The van der Waals surface area contributed by atoms with Crippen LogP contribution in [0.25, 0.3) is 0 Å². The molecule has 146 valence electrons. The number of amides is 1. The quantitative estimate of drug-likeness (QED) is 0.692. The van der Waals surface area contributed by atoms with Gasteiger partial charge in [0.25, 0.3) is 5.91 Å². The average Bonchev–Trinajstić information content (AvgIpc) is 2.64. The molecule has 0 aliphatic carbocycles. The first kappa shape index (κ1) is 20.7. The predicted molar refractivity (Wildman–Crippen MR) is 99.0 cm³/mol. The normalized spacial score (nSPS) is 15.9. The molecule has 1 amide bonds. The lowest BCUT2D eigenvalue weighted by Crippen LogP contribution is -2.38. The van der Waals surface area contributed by atoms with Gasteiger partial charge < -0.3 is 14.4 Å². The summed E-state index contributed by atoms with van der Waals surface area (Å²) in [6, 6.07) is 4.38. The van der Waals surface area contributed by atoms with Gasteiger partial charge in [0.2, 0.25) is 10.0 Å². The Morgan fingerprint density at radius 2 is 1.96 bits per heavy atom. The van der Waals surface area contributed by atoms with Gasteiger partial charge in [-0.15, -0.1) is 0 Å². The highest BCUT2D eigenvalue weighted by Crippen LogP contribution is 2.26. The Morgan fingerprint density at radius 3 is 2.58 bits per heavy atom. The van der Waals surface area contributed by atoms with E-state index in [0.29, 0.717) is 37.8 Å². The maximum absolute atomic E-state index is 12.9. The zero-order valence-corrected chi connectivity index (χ0v) is 16.5. The van der Waals surface area contributed by atoms with Gasteiger partial charge in [0.15, 0.2) is 0 Å². The van der Waals surface area contributed by atoms with E-state index in [4.69, 9.17) is 9.47 Å². The molecule has 0 radical (unpaired) electrons. The Bertz CT molecular complexity index is 712. The van der Waals surface area contributed by atoms with Crippen molar-refractivity contribution in [1.82, 2.24) is 9.62 Å². The summed E-state index contributed by atoms with van der Waals surface area (Å²) in [6.07, 6.45) is 2.48. The molecule has 7 nitrogen and oxygen atoms in total. The van der Waals surface area contributed by atoms with E-state index in [1.807, 2.05) is 0 Å². The first-order valence-corrected chi connectivity index (χ1v) is 10.3. The van der Waals surface area contributed by atoms with Crippen molar-refractivity contribution < 1.29 is 22.7 Å². The molecule has 0 unspecified atom stereocenters. The molecule has 0 atom stereocenters. The minimum atomic E-state index is -3.69. The highest BCUT2D eigenvalue weighted by atomic mass is 32.2. The number of piperidine rings is 1. The Morgan fingerprint density at radius 1 is 1.27 bits per heavy atom. The number of sulfonamides is 1. The first-order valence-electron chi connectivity index (χ1n) is 8.85. The lowest BCUT2D eigenvalue weighted by Gasteiger charge is -2.30. The van der Waals surface area contributed by atoms with Crippen LogP contribution in [0.1, 0.15) is 36.5 Å². The van der Waals surface area contributed by atoms with Crippen molar-refractivity contribution in [2.24, 2.45) is 5.92 Å². The van der Waals surface area contributed by atoms with Crippen LogP contribution in [-0.4, -0.2) is 59.7 Å². The molecule has 1 aromatic rings. The predicted octanol–water partition coefficient (Wildman–Crippen LogP) is 1.88. The molecule has 0 spiro atoms. The Kier molecular flexibility index (Phi) is 7.43. The zero-order valence-electron chi connectivity index (χ0n) is 15.7. The number of rotatable bonds is 8. The summed E-state index contributed by atoms with van der Waals surface area (Å²) < 4.78 is 37.7. The van der Waals surface area contributed by atoms with Crippen molar-refractivity contribution in [3.05, 3.63) is 23.8 Å². The van der Waals surface area contributed by atoms with Crippen LogP contribution in [0.4, 0.5) is 0 Å². The molecular formula is C18H28N2O5S. The first-order chi connectivity index (χ1) is 12.4.